The summed E-state index contributed by atoms with van der Waals surface area (Å²) in [7, 11) is 0. The monoisotopic (exact) mass is 331 g/mol. The van der Waals surface area contributed by atoms with Crippen LogP contribution in [0.25, 0.3) is 0 Å². The number of amidine groups is 1. The first kappa shape index (κ1) is 14.1. The number of benzene rings is 1. The molecule has 1 aliphatic rings. The molecule has 1 atom stereocenters. The van der Waals surface area contributed by atoms with Gasteiger partial charge in [0.15, 0.2) is 11.7 Å². The molecule has 5 nitrogen and oxygen atoms in total. The zero-order valence-corrected chi connectivity index (χ0v) is 11.8. The van der Waals surface area contributed by atoms with Crippen molar-refractivity contribution in [1.29, 1.82) is 0 Å². The number of hydrogen-bond donors (Lipinski definition) is 3. The van der Waals surface area contributed by atoms with Crippen molar-refractivity contribution in [2.24, 2.45) is 16.8 Å². The van der Waals surface area contributed by atoms with Crippen LogP contribution in [-0.4, -0.2) is 35.8 Å². The van der Waals surface area contributed by atoms with Crippen molar-refractivity contribution >= 4 is 27.5 Å². The standard InChI is InChI=1S/C12H15BrFN3O2/c13-10-8(12(15)16-19)1-2-9(11(10)14)17-4-3-7(5-17)6-18/h1-2,7,18-19H,3-6H2,(H2,15,16). The maximum absolute atomic E-state index is 14.3. The highest BCUT2D eigenvalue weighted by molar-refractivity contribution is 9.10. The van der Waals surface area contributed by atoms with E-state index in [2.05, 4.69) is 21.1 Å². The molecule has 1 aromatic carbocycles. The molecule has 19 heavy (non-hydrogen) atoms. The molecular weight excluding hydrogens is 317 g/mol. The van der Waals surface area contributed by atoms with Crippen LogP contribution in [0.5, 0.6) is 0 Å². The van der Waals surface area contributed by atoms with Gasteiger partial charge in [-0.2, -0.15) is 0 Å². The van der Waals surface area contributed by atoms with Gasteiger partial charge in [-0.3, -0.25) is 0 Å². The summed E-state index contributed by atoms with van der Waals surface area (Å²) >= 11 is 3.13. The maximum atomic E-state index is 14.3. The molecule has 7 heteroatoms. The number of hydrogen-bond acceptors (Lipinski definition) is 4. The molecule has 0 saturated carbocycles. The second-order valence-corrected chi connectivity index (χ2v) is 5.32. The number of halogens is 2. The smallest absolute Gasteiger partial charge is 0.171 e. The van der Waals surface area contributed by atoms with Crippen LogP contribution in [0.2, 0.25) is 0 Å². The highest BCUT2D eigenvalue weighted by atomic mass is 79.9. The van der Waals surface area contributed by atoms with Gasteiger partial charge in [0.25, 0.3) is 0 Å². The van der Waals surface area contributed by atoms with Crippen LogP contribution in [0.4, 0.5) is 10.1 Å². The molecule has 0 aromatic heterocycles. The van der Waals surface area contributed by atoms with Gasteiger partial charge < -0.3 is 20.9 Å². The van der Waals surface area contributed by atoms with E-state index in [1.165, 1.54) is 0 Å². The van der Waals surface area contributed by atoms with Crippen LogP contribution in [-0.2, 0) is 0 Å². The van der Waals surface area contributed by atoms with Crippen LogP contribution >= 0.6 is 15.9 Å². The van der Waals surface area contributed by atoms with E-state index in [4.69, 9.17) is 16.0 Å². The lowest BCUT2D eigenvalue weighted by Crippen LogP contribution is -2.23. The lowest BCUT2D eigenvalue weighted by atomic mass is 10.1. The van der Waals surface area contributed by atoms with Crippen LogP contribution in [0.15, 0.2) is 21.8 Å². The minimum atomic E-state index is -0.442. The maximum Gasteiger partial charge on any atom is 0.171 e. The molecule has 0 aliphatic carbocycles. The highest BCUT2D eigenvalue weighted by Gasteiger charge is 2.25. The quantitative estimate of drug-likeness (QED) is 0.339. The Labute approximate surface area is 118 Å². The average Bonchev–Trinajstić information content (AvgIpc) is 2.89. The zero-order valence-electron chi connectivity index (χ0n) is 10.2. The first-order valence-electron chi connectivity index (χ1n) is 5.90. The zero-order chi connectivity index (χ0) is 14.0. The lowest BCUT2D eigenvalue weighted by molar-refractivity contribution is 0.238. The predicted octanol–water partition coefficient (Wildman–Crippen LogP) is 1.50. The minimum absolute atomic E-state index is 0.113. The molecule has 4 N–H and O–H groups in total. The fourth-order valence-electron chi connectivity index (χ4n) is 2.24. The summed E-state index contributed by atoms with van der Waals surface area (Å²) in [5.74, 6) is -0.406. The van der Waals surface area contributed by atoms with Gasteiger partial charge in [0.05, 0.1) is 10.2 Å². The molecule has 1 fully saturated rings. The second kappa shape index (κ2) is 5.75. The Morgan fingerprint density at radius 2 is 2.32 bits per heavy atom. The van der Waals surface area contributed by atoms with Crippen molar-refractivity contribution < 1.29 is 14.7 Å². The van der Waals surface area contributed by atoms with Crippen molar-refractivity contribution in [2.75, 3.05) is 24.6 Å². The van der Waals surface area contributed by atoms with E-state index in [-0.39, 0.29) is 22.8 Å². The number of anilines is 1. The first-order chi connectivity index (χ1) is 9.08. The third kappa shape index (κ3) is 2.66. The molecule has 1 aliphatic heterocycles. The topological polar surface area (TPSA) is 82.1 Å². The van der Waals surface area contributed by atoms with Crippen molar-refractivity contribution in [3.05, 3.63) is 28.0 Å². The molecule has 1 saturated heterocycles. The summed E-state index contributed by atoms with van der Waals surface area (Å²) in [5, 5.41) is 20.6. The third-order valence-electron chi connectivity index (χ3n) is 3.33. The van der Waals surface area contributed by atoms with Gasteiger partial charge in [-0.1, -0.05) is 5.16 Å². The Balaban J connectivity index is 2.32. The van der Waals surface area contributed by atoms with E-state index < -0.39 is 5.82 Å². The van der Waals surface area contributed by atoms with E-state index in [0.29, 0.717) is 24.3 Å². The number of oxime groups is 1. The third-order valence-corrected chi connectivity index (χ3v) is 4.11. The Morgan fingerprint density at radius 3 is 2.89 bits per heavy atom. The molecule has 0 radical (unpaired) electrons. The van der Waals surface area contributed by atoms with Crippen LogP contribution in [0.3, 0.4) is 0 Å². The van der Waals surface area contributed by atoms with Gasteiger partial charge in [0, 0.05) is 31.2 Å². The fourth-order valence-corrected chi connectivity index (χ4v) is 2.77. The van der Waals surface area contributed by atoms with Gasteiger partial charge in [-0.05, 0) is 34.5 Å². The molecule has 0 bridgehead atoms. The SMILES string of the molecule is N/C(=N/O)c1ccc(N2CCC(CO)C2)c(F)c1Br. The Morgan fingerprint density at radius 1 is 1.58 bits per heavy atom. The number of rotatable bonds is 3. The molecule has 0 amide bonds. The van der Waals surface area contributed by atoms with E-state index >= 15 is 0 Å². The summed E-state index contributed by atoms with van der Waals surface area (Å²) in [4.78, 5) is 1.89. The molecular formula is C12H15BrFN3O2. The molecule has 0 spiro atoms. The highest BCUT2D eigenvalue weighted by Crippen LogP contribution is 2.32. The van der Waals surface area contributed by atoms with Gasteiger partial charge in [0.1, 0.15) is 0 Å². The number of aliphatic hydroxyl groups is 1. The van der Waals surface area contributed by atoms with Crippen molar-refractivity contribution in [2.45, 2.75) is 6.42 Å². The number of nitrogens with zero attached hydrogens (tertiary/aromatic N) is 2. The summed E-state index contributed by atoms with van der Waals surface area (Å²) in [6.07, 6.45) is 0.843. The van der Waals surface area contributed by atoms with Gasteiger partial charge in [0.2, 0.25) is 0 Å². The molecule has 1 heterocycles. The lowest BCUT2D eigenvalue weighted by Gasteiger charge is -2.20. The average molecular weight is 332 g/mol. The number of nitrogens with two attached hydrogens (primary N) is 1. The Bertz CT molecular complexity index is 510. The summed E-state index contributed by atoms with van der Waals surface area (Å²) in [6.45, 7) is 1.45. The summed E-state index contributed by atoms with van der Waals surface area (Å²) in [5.41, 5.74) is 6.23. The molecule has 1 aromatic rings. The second-order valence-electron chi connectivity index (χ2n) is 4.53. The summed E-state index contributed by atoms with van der Waals surface area (Å²) < 4.78 is 14.5. The Kier molecular flexibility index (Phi) is 4.26. The van der Waals surface area contributed by atoms with Crippen LogP contribution < -0.4 is 10.6 Å². The van der Waals surface area contributed by atoms with Crippen molar-refractivity contribution in [3.8, 4) is 0 Å². The largest absolute Gasteiger partial charge is 0.409 e. The number of aliphatic hydroxyl groups excluding tert-OH is 1. The normalized spacial score (nSPS) is 20.1. The van der Waals surface area contributed by atoms with Gasteiger partial charge >= 0.3 is 0 Å². The van der Waals surface area contributed by atoms with Crippen molar-refractivity contribution in [1.82, 2.24) is 0 Å². The fraction of sp³-hybridized carbons (Fsp3) is 0.417. The van der Waals surface area contributed by atoms with Crippen molar-refractivity contribution in [3.63, 3.8) is 0 Å². The summed E-state index contributed by atoms with van der Waals surface area (Å²) in [6, 6.07) is 3.21. The van der Waals surface area contributed by atoms with Gasteiger partial charge in [-0.15, -0.1) is 0 Å². The van der Waals surface area contributed by atoms with E-state index in [1.807, 2.05) is 4.90 Å². The van der Waals surface area contributed by atoms with E-state index in [1.54, 1.807) is 12.1 Å². The molecule has 104 valence electrons. The van der Waals surface area contributed by atoms with E-state index in [0.717, 1.165) is 6.42 Å². The predicted molar refractivity (Wildman–Crippen MR) is 74.0 cm³/mol. The molecule has 1 unspecified atom stereocenters. The van der Waals surface area contributed by atoms with Gasteiger partial charge in [-0.25, -0.2) is 4.39 Å². The van der Waals surface area contributed by atoms with Crippen LogP contribution in [0.1, 0.15) is 12.0 Å². The molecule has 2 rings (SSSR count). The van der Waals surface area contributed by atoms with Crippen LogP contribution in [0, 0.1) is 11.7 Å². The van der Waals surface area contributed by atoms with E-state index in [9.17, 15) is 4.39 Å². The minimum Gasteiger partial charge on any atom is -0.409 e. The first-order valence-corrected chi connectivity index (χ1v) is 6.69. The Hall–Kier alpha value is -1.34.